The topological polar surface area (TPSA) is 116 Å². The number of hydrogen-bond donors (Lipinski definition) is 3. The number of aromatic amines is 1. The molecule has 2 saturated heterocycles. The molecule has 0 spiro atoms. The van der Waals surface area contributed by atoms with Gasteiger partial charge in [0.2, 0.25) is 5.91 Å². The van der Waals surface area contributed by atoms with Crippen molar-refractivity contribution in [3.63, 3.8) is 0 Å². The minimum Gasteiger partial charge on any atom is -0.448 e. The molecular weight excluding hydrogens is 746 g/mol. The smallest absolute Gasteiger partial charge is 0.254 e. The van der Waals surface area contributed by atoms with E-state index in [1.54, 1.807) is 51.5 Å². The van der Waals surface area contributed by atoms with E-state index in [9.17, 15) is 14.4 Å². The van der Waals surface area contributed by atoms with Gasteiger partial charge in [-0.25, -0.2) is 0 Å². The molecule has 5 saturated carbocycles. The summed E-state index contributed by atoms with van der Waals surface area (Å²) in [7, 11) is 0. The lowest BCUT2D eigenvalue weighted by atomic mass is 9.56. The van der Waals surface area contributed by atoms with Crippen molar-refractivity contribution >= 4 is 35.2 Å². The highest BCUT2D eigenvalue weighted by Gasteiger charge is 2.49. The number of nitrogens with zero attached hydrogens (tertiary/aromatic N) is 2. The molecule has 3 aliphatic heterocycles. The predicted octanol–water partition coefficient (Wildman–Crippen LogP) is 7.46. The SMILES string of the molecule is C1C2CC3CC1CC(C2)C3.CSc1cc(C)[nH]c(=O)c1CNC(=O)c1cc(Cl)c2c(c1C)OC(C)(C1CCC(N3CC(NC4CCN(C(C)=O)CC4)C3)CC1)O2. The highest BCUT2D eigenvalue weighted by molar-refractivity contribution is 7.98. The number of pyridine rings is 1. The van der Waals surface area contributed by atoms with Gasteiger partial charge in [-0.1, -0.05) is 11.6 Å². The summed E-state index contributed by atoms with van der Waals surface area (Å²) in [6, 6.07) is 5.14. The fraction of sp³-hybridized carbons (Fsp3) is 0.705. The number of halogens is 1. The fourth-order valence-electron chi connectivity index (χ4n) is 11.6. The number of likely N-dealkylation sites (tertiary alicyclic amines) is 2. The first-order chi connectivity index (χ1) is 26.8. The third-order valence-corrected chi connectivity index (χ3v) is 15.5. The average Bonchev–Trinajstić information content (AvgIpc) is 3.53. The lowest BCUT2D eigenvalue weighted by Crippen LogP contribution is -2.64. The van der Waals surface area contributed by atoms with E-state index in [4.69, 9.17) is 21.1 Å². The minimum atomic E-state index is -0.854. The van der Waals surface area contributed by atoms with Crippen molar-refractivity contribution in [3.05, 3.63) is 49.9 Å². The molecule has 4 heterocycles. The van der Waals surface area contributed by atoms with E-state index >= 15 is 0 Å². The van der Waals surface area contributed by atoms with Crippen LogP contribution in [0.15, 0.2) is 21.8 Å². The van der Waals surface area contributed by atoms with Crippen molar-refractivity contribution in [1.82, 2.24) is 25.4 Å². The van der Waals surface area contributed by atoms with Crippen molar-refractivity contribution in [3.8, 4) is 11.5 Å². The molecule has 8 aliphatic rings. The van der Waals surface area contributed by atoms with Gasteiger partial charge < -0.3 is 30.0 Å². The van der Waals surface area contributed by atoms with Gasteiger partial charge in [0, 0.05) is 97.9 Å². The van der Waals surface area contributed by atoms with E-state index in [2.05, 4.69) is 20.5 Å². The molecule has 2 amide bonds. The lowest BCUT2D eigenvalue weighted by Gasteiger charge is -2.49. The zero-order chi connectivity index (χ0) is 39.3. The highest BCUT2D eigenvalue weighted by atomic mass is 35.5. The van der Waals surface area contributed by atoms with Crippen LogP contribution in [-0.4, -0.2) is 82.9 Å². The number of rotatable bonds is 8. The molecule has 10 nitrogen and oxygen atoms in total. The number of fused-ring (bicyclic) bond motifs is 1. The number of carbonyl (C=O) groups excluding carboxylic acids is 2. The fourth-order valence-corrected chi connectivity index (χ4v) is 12.5. The Morgan fingerprint density at radius 2 is 1.48 bits per heavy atom. The number of nitrogens with one attached hydrogen (secondary N) is 3. The summed E-state index contributed by atoms with van der Waals surface area (Å²) in [6.45, 7) is 11.3. The van der Waals surface area contributed by atoms with Crippen LogP contribution in [0.1, 0.15) is 118 Å². The molecule has 5 aliphatic carbocycles. The Balaban J connectivity index is 0.000000375. The van der Waals surface area contributed by atoms with Crippen LogP contribution in [0.25, 0.3) is 0 Å². The van der Waals surface area contributed by atoms with Gasteiger partial charge in [-0.3, -0.25) is 19.3 Å². The summed E-state index contributed by atoms with van der Waals surface area (Å²) in [5.74, 6) is 4.92. The number of H-pyrrole nitrogens is 1. The largest absolute Gasteiger partial charge is 0.448 e. The van der Waals surface area contributed by atoms with Crippen LogP contribution in [0.4, 0.5) is 0 Å². The molecule has 1 unspecified atom stereocenters. The molecule has 12 heteroatoms. The van der Waals surface area contributed by atoms with E-state index in [0.29, 0.717) is 51.3 Å². The first-order valence-corrected chi connectivity index (χ1v) is 23.0. The van der Waals surface area contributed by atoms with Crippen LogP contribution in [0, 0.1) is 43.4 Å². The van der Waals surface area contributed by atoms with Gasteiger partial charge in [0.1, 0.15) is 0 Å². The molecule has 4 bridgehead atoms. The van der Waals surface area contributed by atoms with Crippen LogP contribution in [-0.2, 0) is 11.3 Å². The Bertz CT molecular complexity index is 1790. The number of carbonyl (C=O) groups is 2. The summed E-state index contributed by atoms with van der Waals surface area (Å²) >= 11 is 8.16. The highest BCUT2D eigenvalue weighted by Crippen LogP contribution is 2.54. The second-order valence-electron chi connectivity index (χ2n) is 18.4. The van der Waals surface area contributed by atoms with Gasteiger partial charge in [0.25, 0.3) is 17.3 Å². The van der Waals surface area contributed by atoms with Crippen LogP contribution >= 0.6 is 23.4 Å². The summed E-state index contributed by atoms with van der Waals surface area (Å²) in [6.07, 6.45) is 17.7. The number of aromatic nitrogens is 1. The number of aryl methyl sites for hydroxylation is 1. The molecule has 306 valence electrons. The van der Waals surface area contributed by atoms with Gasteiger partial charge in [-0.05, 0) is 133 Å². The van der Waals surface area contributed by atoms with Gasteiger partial charge in [0.05, 0.1) is 5.02 Å². The van der Waals surface area contributed by atoms with Crippen LogP contribution in [0.3, 0.4) is 0 Å². The molecule has 7 fully saturated rings. The van der Waals surface area contributed by atoms with E-state index in [1.165, 1.54) is 35.4 Å². The quantitative estimate of drug-likeness (QED) is 0.236. The van der Waals surface area contributed by atoms with E-state index in [1.807, 2.05) is 38.0 Å². The summed E-state index contributed by atoms with van der Waals surface area (Å²) in [5, 5.41) is 7.07. The Morgan fingerprint density at radius 3 is 2.05 bits per heavy atom. The molecular formula is C44H62ClN5O5S. The molecule has 2 aromatic rings. The van der Waals surface area contributed by atoms with Gasteiger partial charge in [-0.2, -0.15) is 0 Å². The molecule has 0 radical (unpaired) electrons. The summed E-state index contributed by atoms with van der Waals surface area (Å²) in [5.41, 5.74) is 2.17. The van der Waals surface area contributed by atoms with Gasteiger partial charge >= 0.3 is 0 Å². The first kappa shape index (κ1) is 40.1. The Kier molecular flexibility index (Phi) is 11.8. The predicted molar refractivity (Wildman–Crippen MR) is 222 cm³/mol. The minimum absolute atomic E-state index is 0.103. The zero-order valence-electron chi connectivity index (χ0n) is 34.0. The van der Waals surface area contributed by atoms with Crippen molar-refractivity contribution in [1.29, 1.82) is 0 Å². The van der Waals surface area contributed by atoms with Crippen molar-refractivity contribution in [2.24, 2.45) is 29.6 Å². The van der Waals surface area contributed by atoms with Crippen molar-refractivity contribution < 1.29 is 19.1 Å². The maximum atomic E-state index is 13.3. The second-order valence-corrected chi connectivity index (χ2v) is 19.7. The van der Waals surface area contributed by atoms with Crippen LogP contribution in [0.5, 0.6) is 11.5 Å². The first-order valence-electron chi connectivity index (χ1n) is 21.4. The number of thioether (sulfide) groups is 1. The number of ether oxygens (including phenoxy) is 2. The van der Waals surface area contributed by atoms with E-state index < -0.39 is 5.79 Å². The van der Waals surface area contributed by atoms with Gasteiger partial charge in [-0.15, -0.1) is 11.8 Å². The summed E-state index contributed by atoms with van der Waals surface area (Å²) < 4.78 is 13.0. The maximum absolute atomic E-state index is 13.3. The van der Waals surface area contributed by atoms with E-state index in [0.717, 1.165) is 75.3 Å². The third kappa shape index (κ3) is 8.39. The molecule has 3 N–H and O–H groups in total. The Hall–Kier alpha value is -2.73. The van der Waals surface area contributed by atoms with Crippen molar-refractivity contribution in [2.45, 2.75) is 140 Å². The van der Waals surface area contributed by atoms with Crippen molar-refractivity contribution in [2.75, 3.05) is 32.4 Å². The second kappa shape index (κ2) is 16.5. The standard InChI is InChI=1S/C34H46ClN5O5S.C10H16/c1-19-14-29(46-5)27(33(43)37-19)16-36-32(42)26-15-28(35)31-30(20(26)2)44-34(4,45-31)22-6-8-25(9-7-22)40-17-24(18-40)38-23-10-12-39(13-11-23)21(3)41;1-7-2-9-4-8(1)5-10(3-7)6-9/h14-15,22-25,38H,6-13,16-18H2,1-5H3,(H,36,42)(H,37,43);7-10H,1-6H2. The number of hydrogen-bond acceptors (Lipinski definition) is 8. The lowest BCUT2D eigenvalue weighted by molar-refractivity contribution is -0.130. The Labute approximate surface area is 341 Å². The number of benzene rings is 1. The molecule has 10 rings (SSSR count). The molecule has 1 aromatic heterocycles. The monoisotopic (exact) mass is 807 g/mol. The Morgan fingerprint density at radius 1 is 0.893 bits per heavy atom. The van der Waals surface area contributed by atoms with Crippen LogP contribution < -0.4 is 25.7 Å². The van der Waals surface area contributed by atoms with Crippen LogP contribution in [0.2, 0.25) is 5.02 Å². The van der Waals surface area contributed by atoms with Gasteiger partial charge in [0.15, 0.2) is 11.5 Å². The summed E-state index contributed by atoms with van der Waals surface area (Å²) in [4.78, 5) is 45.7. The van der Waals surface area contributed by atoms with E-state index in [-0.39, 0.29) is 29.8 Å². The maximum Gasteiger partial charge on any atom is 0.254 e. The normalized spacial score (nSPS) is 31.1. The average molecular weight is 809 g/mol. The number of piperidine rings is 1. The number of amides is 2. The molecule has 1 atom stereocenters. The molecule has 56 heavy (non-hydrogen) atoms. The zero-order valence-corrected chi connectivity index (χ0v) is 35.6. The third-order valence-electron chi connectivity index (χ3n) is 14.4. The molecule has 1 aromatic carbocycles.